The molecule has 0 radical (unpaired) electrons. The zero-order valence-electron chi connectivity index (χ0n) is 23.1. The lowest BCUT2D eigenvalue weighted by molar-refractivity contribution is -0.153. The van der Waals surface area contributed by atoms with Crippen LogP contribution in [0.2, 0.25) is 0 Å². The summed E-state index contributed by atoms with van der Waals surface area (Å²) in [6.45, 7) is 1.64. The van der Waals surface area contributed by atoms with E-state index in [1.807, 2.05) is 12.1 Å². The summed E-state index contributed by atoms with van der Waals surface area (Å²) < 4.78 is 28.5. The maximum absolute atomic E-state index is 14.3. The van der Waals surface area contributed by atoms with Crippen LogP contribution < -0.4 is 16.0 Å². The van der Waals surface area contributed by atoms with Crippen LogP contribution in [-0.2, 0) is 38.2 Å². The number of nitrogens with zero attached hydrogens (tertiary/aromatic N) is 3. The number of rotatable bonds is 4. The molecular weight excluding hydrogens is 542 g/mol. The fraction of sp³-hybridized carbons (Fsp3) is 0.387. The van der Waals surface area contributed by atoms with Gasteiger partial charge in [-0.15, -0.1) is 0 Å². The van der Waals surface area contributed by atoms with Gasteiger partial charge in [0.15, 0.2) is 0 Å². The molecule has 2 aliphatic heterocycles. The molecule has 4 aliphatic rings. The Morgan fingerprint density at radius 1 is 1.05 bits per heavy atom. The Morgan fingerprint density at radius 2 is 1.79 bits per heavy atom. The van der Waals surface area contributed by atoms with E-state index in [-0.39, 0.29) is 30.5 Å². The number of hydrogen-bond acceptors (Lipinski definition) is 6. The van der Waals surface area contributed by atoms with Gasteiger partial charge in [-0.2, -0.15) is 0 Å². The van der Waals surface area contributed by atoms with Crippen molar-refractivity contribution in [2.24, 2.45) is 0 Å². The lowest BCUT2D eigenvalue weighted by atomic mass is 9.79. The minimum absolute atomic E-state index is 0.107. The van der Waals surface area contributed by atoms with Gasteiger partial charge in [0.1, 0.15) is 29.8 Å². The number of halogens is 2. The van der Waals surface area contributed by atoms with Gasteiger partial charge in [0.25, 0.3) is 0 Å². The average molecular weight is 573 g/mol. The van der Waals surface area contributed by atoms with Gasteiger partial charge >= 0.3 is 0 Å². The Bertz CT molecular complexity index is 1640. The molecule has 2 aliphatic carbocycles. The Labute approximate surface area is 241 Å². The van der Waals surface area contributed by atoms with Crippen molar-refractivity contribution in [3.63, 3.8) is 0 Å². The smallest absolute Gasteiger partial charge is 0.245 e. The van der Waals surface area contributed by atoms with Crippen LogP contribution in [-0.4, -0.2) is 51.2 Å². The molecule has 1 saturated carbocycles. The van der Waals surface area contributed by atoms with Crippen LogP contribution >= 0.6 is 0 Å². The van der Waals surface area contributed by atoms with Crippen molar-refractivity contribution in [2.75, 3.05) is 23.7 Å². The van der Waals surface area contributed by atoms with E-state index in [9.17, 15) is 23.2 Å². The van der Waals surface area contributed by atoms with Crippen molar-refractivity contribution in [3.8, 4) is 0 Å². The van der Waals surface area contributed by atoms with E-state index in [0.29, 0.717) is 37.3 Å². The van der Waals surface area contributed by atoms with E-state index in [4.69, 9.17) is 0 Å². The minimum Gasteiger partial charge on any atom is -0.321 e. The maximum Gasteiger partial charge on any atom is 0.245 e. The molecule has 3 amide bonds. The fourth-order valence-electron chi connectivity index (χ4n) is 7.28. The van der Waals surface area contributed by atoms with Crippen LogP contribution in [0.5, 0.6) is 0 Å². The SMILES string of the molecule is C[C@@]1(c2cc(F)cc(F)c2)CNC2(CCCC2)C(=O)N1CC(=O)Nc1cc2c(cn1)CC1(C2)C(=O)Nc2ncccc21. The van der Waals surface area contributed by atoms with Crippen molar-refractivity contribution >= 4 is 29.4 Å². The molecule has 216 valence electrons. The third-order valence-electron chi connectivity index (χ3n) is 9.59. The maximum atomic E-state index is 14.3. The number of amides is 3. The second kappa shape index (κ2) is 9.38. The standard InChI is InChI=1S/C31H30F2N6O3/c1-29(20-10-21(32)12-22(33)11-20)17-36-31(6-2-3-7-31)28(42)39(29)16-25(40)37-24-9-18-13-30(14-19(18)15-35-24)23-5-4-8-34-26(23)38-27(30)41/h4-5,8-12,15,36H,2-3,6-7,13-14,16-17H2,1H3,(H,34,38,41)(H,35,37,40)/t29-,30?/m0/s1. The molecule has 2 aromatic heterocycles. The summed E-state index contributed by atoms with van der Waals surface area (Å²) in [4.78, 5) is 50.6. The molecule has 1 unspecified atom stereocenters. The lowest BCUT2D eigenvalue weighted by Gasteiger charge is -2.51. The highest BCUT2D eigenvalue weighted by Gasteiger charge is 2.54. The quantitative estimate of drug-likeness (QED) is 0.442. The second-order valence-corrected chi connectivity index (χ2v) is 12.1. The Hall–Kier alpha value is -4.25. The highest BCUT2D eigenvalue weighted by molar-refractivity contribution is 6.06. The number of benzene rings is 1. The Balaban J connectivity index is 1.14. The van der Waals surface area contributed by atoms with E-state index >= 15 is 0 Å². The lowest BCUT2D eigenvalue weighted by Crippen LogP contribution is -2.71. The van der Waals surface area contributed by atoms with E-state index in [2.05, 4.69) is 25.9 Å². The summed E-state index contributed by atoms with van der Waals surface area (Å²) in [5.74, 6) is -1.47. The molecule has 0 bridgehead atoms. The Morgan fingerprint density at radius 3 is 2.55 bits per heavy atom. The van der Waals surface area contributed by atoms with Crippen molar-refractivity contribution in [1.29, 1.82) is 0 Å². The summed E-state index contributed by atoms with van der Waals surface area (Å²) in [6, 6.07) is 8.69. The van der Waals surface area contributed by atoms with Gasteiger partial charge in [0.2, 0.25) is 17.7 Å². The predicted octanol–water partition coefficient (Wildman–Crippen LogP) is 3.34. The molecule has 3 N–H and O–H groups in total. The molecule has 9 nitrogen and oxygen atoms in total. The molecule has 7 rings (SSSR count). The van der Waals surface area contributed by atoms with E-state index in [0.717, 1.165) is 35.6 Å². The van der Waals surface area contributed by atoms with Gasteiger partial charge in [-0.3, -0.25) is 14.4 Å². The van der Waals surface area contributed by atoms with E-state index in [1.54, 1.807) is 25.4 Å². The number of pyridine rings is 2. The molecule has 3 aromatic rings. The predicted molar refractivity (Wildman–Crippen MR) is 149 cm³/mol. The van der Waals surface area contributed by atoms with Gasteiger partial charge in [-0.05, 0) is 73.6 Å². The molecule has 2 fully saturated rings. The third-order valence-corrected chi connectivity index (χ3v) is 9.59. The van der Waals surface area contributed by atoms with E-state index in [1.165, 1.54) is 17.0 Å². The van der Waals surface area contributed by atoms with E-state index < -0.39 is 34.0 Å². The zero-order valence-corrected chi connectivity index (χ0v) is 23.1. The summed E-state index contributed by atoms with van der Waals surface area (Å²) >= 11 is 0. The average Bonchev–Trinajstić information content (AvgIpc) is 3.65. The monoisotopic (exact) mass is 572 g/mol. The van der Waals surface area contributed by atoms with Crippen molar-refractivity contribution in [3.05, 3.63) is 82.7 Å². The van der Waals surface area contributed by atoms with Gasteiger partial charge in [0, 0.05) is 30.6 Å². The first-order chi connectivity index (χ1) is 20.1. The fourth-order valence-corrected chi connectivity index (χ4v) is 7.28. The normalized spacial score (nSPS) is 25.5. The molecule has 2 atom stereocenters. The highest BCUT2D eigenvalue weighted by Crippen LogP contribution is 2.47. The van der Waals surface area contributed by atoms with Gasteiger partial charge in [0.05, 0.1) is 16.5 Å². The summed E-state index contributed by atoms with van der Waals surface area (Å²) in [6.07, 6.45) is 7.27. The van der Waals surface area contributed by atoms with Gasteiger partial charge in [-0.1, -0.05) is 18.9 Å². The van der Waals surface area contributed by atoms with Gasteiger partial charge in [-0.25, -0.2) is 18.7 Å². The molecule has 11 heteroatoms. The number of fused-ring (bicyclic) bond motifs is 3. The first-order valence-corrected chi connectivity index (χ1v) is 14.2. The number of aromatic nitrogens is 2. The van der Waals surface area contributed by atoms with Crippen molar-refractivity contribution in [2.45, 2.75) is 61.9 Å². The largest absolute Gasteiger partial charge is 0.321 e. The molecular formula is C31H30F2N6O3. The first-order valence-electron chi connectivity index (χ1n) is 14.2. The molecule has 4 heterocycles. The van der Waals surface area contributed by atoms with Crippen LogP contribution in [0.1, 0.15) is 54.9 Å². The number of piperazine rings is 1. The summed E-state index contributed by atoms with van der Waals surface area (Å²) in [5, 5.41) is 9.07. The molecule has 1 saturated heterocycles. The summed E-state index contributed by atoms with van der Waals surface area (Å²) in [7, 11) is 0. The van der Waals surface area contributed by atoms with Crippen LogP contribution in [0.15, 0.2) is 48.8 Å². The number of carbonyl (C=O) groups excluding carboxylic acids is 3. The van der Waals surface area contributed by atoms with Crippen LogP contribution in [0, 0.1) is 11.6 Å². The van der Waals surface area contributed by atoms with Gasteiger partial charge < -0.3 is 20.9 Å². The Kier molecular flexibility index (Phi) is 5.95. The summed E-state index contributed by atoms with van der Waals surface area (Å²) in [5.41, 5.74) is 0.214. The number of carbonyl (C=O) groups is 3. The van der Waals surface area contributed by atoms with Crippen molar-refractivity contribution < 1.29 is 23.2 Å². The van der Waals surface area contributed by atoms with Crippen LogP contribution in [0.3, 0.4) is 0 Å². The third kappa shape index (κ3) is 4.01. The zero-order chi connectivity index (χ0) is 29.3. The van der Waals surface area contributed by atoms with Crippen molar-refractivity contribution in [1.82, 2.24) is 20.2 Å². The molecule has 42 heavy (non-hydrogen) atoms. The highest BCUT2D eigenvalue weighted by atomic mass is 19.1. The number of hydrogen-bond donors (Lipinski definition) is 3. The van der Waals surface area contributed by atoms with Crippen LogP contribution in [0.25, 0.3) is 0 Å². The molecule has 1 aromatic carbocycles. The molecule has 2 spiro atoms. The first kappa shape index (κ1) is 26.6. The number of anilines is 2. The van der Waals surface area contributed by atoms with Crippen LogP contribution in [0.4, 0.5) is 20.4 Å². The number of nitrogens with one attached hydrogen (secondary N) is 3. The topological polar surface area (TPSA) is 116 Å². The second-order valence-electron chi connectivity index (χ2n) is 12.1. The minimum atomic E-state index is -1.17.